The highest BCUT2D eigenvalue weighted by molar-refractivity contribution is 5.84. The summed E-state index contributed by atoms with van der Waals surface area (Å²) in [7, 11) is 1.38. The van der Waals surface area contributed by atoms with E-state index in [4.69, 9.17) is 4.74 Å². The number of aliphatic hydroxyl groups excluding tert-OH is 1. The van der Waals surface area contributed by atoms with Crippen molar-refractivity contribution < 1.29 is 19.4 Å². The van der Waals surface area contributed by atoms with Gasteiger partial charge >= 0.3 is 5.97 Å². The Kier molecular flexibility index (Phi) is 7.96. The molecule has 5 nitrogen and oxygen atoms in total. The highest BCUT2D eigenvalue weighted by Crippen LogP contribution is 2.68. The normalized spacial score (nSPS) is 42.4. The van der Waals surface area contributed by atoms with E-state index in [0.717, 1.165) is 37.0 Å². The number of ether oxygens (including phenoxy) is 1. The first-order valence-electron chi connectivity index (χ1n) is 14.6. The van der Waals surface area contributed by atoms with Crippen LogP contribution >= 0.6 is 0 Å². The molecule has 4 rings (SSSR count). The summed E-state index contributed by atoms with van der Waals surface area (Å²) in [6.07, 6.45) is 12.5. The van der Waals surface area contributed by atoms with E-state index in [0.29, 0.717) is 35.0 Å². The molecule has 1 amide bonds. The molecule has 0 aromatic heterocycles. The van der Waals surface area contributed by atoms with Crippen molar-refractivity contribution in [1.82, 2.24) is 5.32 Å². The van der Waals surface area contributed by atoms with Gasteiger partial charge in [-0.05, 0) is 116 Å². The fraction of sp³-hybridized carbons (Fsp3) is 0.933. The van der Waals surface area contributed by atoms with Crippen LogP contribution in [0.3, 0.4) is 0 Å². The molecule has 200 valence electrons. The molecule has 0 aliphatic heterocycles. The highest BCUT2D eigenvalue weighted by atomic mass is 16.5. The van der Waals surface area contributed by atoms with E-state index in [1.165, 1.54) is 52.1 Å². The van der Waals surface area contributed by atoms with Crippen molar-refractivity contribution in [1.29, 1.82) is 0 Å². The van der Waals surface area contributed by atoms with Crippen LogP contribution in [0.1, 0.15) is 105 Å². The lowest BCUT2D eigenvalue weighted by Crippen LogP contribution is -2.54. The molecule has 0 spiro atoms. The Morgan fingerprint density at radius 1 is 0.971 bits per heavy atom. The number of hydrogen-bond acceptors (Lipinski definition) is 4. The van der Waals surface area contributed by atoms with Crippen LogP contribution in [0, 0.1) is 52.3 Å². The maximum Gasteiger partial charge on any atom is 0.328 e. The molecule has 0 unspecified atom stereocenters. The summed E-state index contributed by atoms with van der Waals surface area (Å²) in [6.45, 7) is 11.4. The van der Waals surface area contributed by atoms with Gasteiger partial charge < -0.3 is 15.2 Å². The summed E-state index contributed by atoms with van der Waals surface area (Å²) < 4.78 is 4.88. The predicted octanol–water partition coefficient (Wildman–Crippen LogP) is 5.74. The Balaban J connectivity index is 1.37. The maximum absolute atomic E-state index is 12.7. The Bertz CT molecular complexity index is 782. The molecule has 2 N–H and O–H groups in total. The molecule has 0 aromatic carbocycles. The summed E-state index contributed by atoms with van der Waals surface area (Å²) in [4.78, 5) is 24.7. The Morgan fingerprint density at radius 2 is 1.66 bits per heavy atom. The summed E-state index contributed by atoms with van der Waals surface area (Å²) >= 11 is 0. The van der Waals surface area contributed by atoms with Crippen LogP contribution in [-0.4, -0.2) is 36.2 Å². The van der Waals surface area contributed by atoms with Crippen LogP contribution in [0.15, 0.2) is 0 Å². The minimum Gasteiger partial charge on any atom is -0.467 e. The van der Waals surface area contributed by atoms with Crippen molar-refractivity contribution in [3.63, 3.8) is 0 Å². The van der Waals surface area contributed by atoms with Gasteiger partial charge in [0.05, 0.1) is 13.2 Å². The van der Waals surface area contributed by atoms with Crippen molar-refractivity contribution in [2.75, 3.05) is 7.11 Å². The van der Waals surface area contributed by atoms with E-state index in [2.05, 4.69) is 26.1 Å². The summed E-state index contributed by atoms with van der Waals surface area (Å²) in [5.74, 6) is 4.02. The number of carbonyl (C=O) groups is 2. The van der Waals surface area contributed by atoms with E-state index >= 15 is 0 Å². The standard InChI is InChI=1S/C30H51NO4/c1-18(2)27(28(34)35-6)31-26(33)12-7-19(3)23-10-11-24-22-9-8-20-17-21(32)13-15-29(20,4)25(22)14-16-30(23,24)5/h18-25,27,32H,7-17H2,1-6H3,(H,31,33)/t19-,20-,21-,22+,23-,24+,25+,27-,29+,30-/m1/s1. The van der Waals surface area contributed by atoms with Crippen LogP contribution in [0.4, 0.5) is 0 Å². The first-order valence-corrected chi connectivity index (χ1v) is 14.6. The van der Waals surface area contributed by atoms with Gasteiger partial charge in [-0.15, -0.1) is 0 Å². The van der Waals surface area contributed by atoms with Gasteiger partial charge in [-0.2, -0.15) is 0 Å². The van der Waals surface area contributed by atoms with Crippen LogP contribution in [0.5, 0.6) is 0 Å². The first kappa shape index (κ1) is 26.9. The molecule has 0 radical (unpaired) electrons. The van der Waals surface area contributed by atoms with Crippen LogP contribution in [0.25, 0.3) is 0 Å². The fourth-order valence-corrected chi connectivity index (χ4v) is 9.64. The summed E-state index contributed by atoms with van der Waals surface area (Å²) in [6, 6.07) is -0.566. The second kappa shape index (κ2) is 10.3. The number of esters is 1. The van der Waals surface area contributed by atoms with Gasteiger partial charge in [-0.3, -0.25) is 4.79 Å². The number of methoxy groups -OCH3 is 1. The van der Waals surface area contributed by atoms with Crippen molar-refractivity contribution in [2.24, 2.45) is 52.3 Å². The van der Waals surface area contributed by atoms with E-state index in [1.807, 2.05) is 13.8 Å². The molecule has 0 aromatic rings. The number of rotatable bonds is 7. The van der Waals surface area contributed by atoms with E-state index in [9.17, 15) is 14.7 Å². The average Bonchev–Trinajstić information content (AvgIpc) is 3.18. The third-order valence-electron chi connectivity index (χ3n) is 11.7. The van der Waals surface area contributed by atoms with Crippen LogP contribution in [0.2, 0.25) is 0 Å². The molecule has 0 bridgehead atoms. The molecule has 4 aliphatic rings. The number of nitrogens with one attached hydrogen (secondary N) is 1. The lowest BCUT2D eigenvalue weighted by molar-refractivity contribution is -0.146. The topological polar surface area (TPSA) is 75.6 Å². The number of amides is 1. The average molecular weight is 490 g/mol. The minimum atomic E-state index is -0.566. The third-order valence-corrected chi connectivity index (χ3v) is 11.7. The minimum absolute atomic E-state index is 0.0119. The predicted molar refractivity (Wildman–Crippen MR) is 138 cm³/mol. The van der Waals surface area contributed by atoms with Gasteiger partial charge in [-0.1, -0.05) is 34.6 Å². The molecule has 35 heavy (non-hydrogen) atoms. The monoisotopic (exact) mass is 489 g/mol. The molecule has 4 aliphatic carbocycles. The smallest absolute Gasteiger partial charge is 0.328 e. The van der Waals surface area contributed by atoms with E-state index < -0.39 is 6.04 Å². The van der Waals surface area contributed by atoms with E-state index in [-0.39, 0.29) is 23.9 Å². The number of aliphatic hydroxyl groups is 1. The number of fused-ring (bicyclic) bond motifs is 5. The van der Waals surface area contributed by atoms with Gasteiger partial charge in [0, 0.05) is 6.42 Å². The SMILES string of the molecule is COC(=O)[C@H](NC(=O)CC[C@@H](C)[C@H]1CC[C@H]2[C@@H]3CC[C@@H]4C[C@H](O)CC[C@]4(C)[C@H]3CC[C@]12C)C(C)C. The Labute approximate surface area is 213 Å². The van der Waals surface area contributed by atoms with Crippen LogP contribution in [-0.2, 0) is 14.3 Å². The molecule has 0 heterocycles. The largest absolute Gasteiger partial charge is 0.467 e. The highest BCUT2D eigenvalue weighted by Gasteiger charge is 2.60. The first-order chi connectivity index (χ1) is 16.5. The summed E-state index contributed by atoms with van der Waals surface area (Å²) in [5, 5.41) is 13.2. The van der Waals surface area contributed by atoms with Crippen molar-refractivity contribution in [2.45, 2.75) is 117 Å². The molecular weight excluding hydrogens is 438 g/mol. The molecule has 5 heteroatoms. The lowest BCUT2D eigenvalue weighted by atomic mass is 9.44. The lowest BCUT2D eigenvalue weighted by Gasteiger charge is -2.61. The zero-order valence-electron chi connectivity index (χ0n) is 23.1. The molecule has 4 fully saturated rings. The second-order valence-corrected chi connectivity index (χ2v) is 13.6. The Hall–Kier alpha value is -1.10. The quantitative estimate of drug-likeness (QED) is 0.447. The van der Waals surface area contributed by atoms with Gasteiger partial charge in [0.2, 0.25) is 5.91 Å². The number of carbonyl (C=O) groups excluding carboxylic acids is 2. The van der Waals surface area contributed by atoms with Gasteiger partial charge in [0.1, 0.15) is 6.04 Å². The molecular formula is C30H51NO4. The van der Waals surface area contributed by atoms with E-state index in [1.54, 1.807) is 0 Å². The second-order valence-electron chi connectivity index (χ2n) is 13.6. The van der Waals surface area contributed by atoms with Crippen LogP contribution < -0.4 is 5.32 Å². The van der Waals surface area contributed by atoms with Crippen molar-refractivity contribution >= 4 is 11.9 Å². The van der Waals surface area contributed by atoms with Gasteiger partial charge in [0.15, 0.2) is 0 Å². The summed E-state index contributed by atoms with van der Waals surface area (Å²) in [5.41, 5.74) is 0.818. The van der Waals surface area contributed by atoms with Crippen molar-refractivity contribution in [3.05, 3.63) is 0 Å². The Morgan fingerprint density at radius 3 is 2.34 bits per heavy atom. The zero-order valence-corrected chi connectivity index (χ0v) is 23.1. The third kappa shape index (κ3) is 4.92. The van der Waals surface area contributed by atoms with Gasteiger partial charge in [-0.25, -0.2) is 4.79 Å². The maximum atomic E-state index is 12.7. The molecule has 4 saturated carbocycles. The fourth-order valence-electron chi connectivity index (χ4n) is 9.64. The molecule has 0 saturated heterocycles. The number of hydrogen-bond donors (Lipinski definition) is 2. The zero-order chi connectivity index (χ0) is 25.5. The van der Waals surface area contributed by atoms with Gasteiger partial charge in [0.25, 0.3) is 0 Å². The molecule has 10 atom stereocenters. The van der Waals surface area contributed by atoms with Crippen molar-refractivity contribution in [3.8, 4) is 0 Å².